The lowest BCUT2D eigenvalue weighted by atomic mass is 9.93. The highest BCUT2D eigenvalue weighted by Gasteiger charge is 2.33. The number of halogens is 1. The number of rotatable bonds is 6. The molecule has 0 aliphatic carbocycles. The highest BCUT2D eigenvalue weighted by molar-refractivity contribution is 5.85. The summed E-state index contributed by atoms with van der Waals surface area (Å²) in [6.45, 7) is 4.29. The predicted octanol–water partition coefficient (Wildman–Crippen LogP) is 3.29. The molecule has 6 heteroatoms. The van der Waals surface area contributed by atoms with E-state index in [9.17, 15) is 10.1 Å². The van der Waals surface area contributed by atoms with E-state index in [0.29, 0.717) is 6.42 Å². The minimum atomic E-state index is -0.960. The number of nitro groups is 1. The van der Waals surface area contributed by atoms with Gasteiger partial charge in [0.15, 0.2) is 0 Å². The summed E-state index contributed by atoms with van der Waals surface area (Å²) in [5.74, 6) is 0. The first-order chi connectivity index (χ1) is 9.81. The second-order valence-corrected chi connectivity index (χ2v) is 6.43. The lowest BCUT2D eigenvalue weighted by Gasteiger charge is -2.17. The average Bonchev–Trinajstić information content (AvgIpc) is 2.74. The summed E-state index contributed by atoms with van der Waals surface area (Å²) in [7, 11) is 4.06. The summed E-state index contributed by atoms with van der Waals surface area (Å²) >= 11 is 0. The smallest absolute Gasteiger partial charge is 0.220 e. The molecule has 22 heavy (non-hydrogen) atoms. The first kappa shape index (κ1) is 18.5. The van der Waals surface area contributed by atoms with Crippen molar-refractivity contribution in [2.24, 2.45) is 0 Å². The summed E-state index contributed by atoms with van der Waals surface area (Å²) in [5.41, 5.74) is 2.28. The fourth-order valence-corrected chi connectivity index (χ4v) is 2.50. The first-order valence-electron chi connectivity index (χ1n) is 7.19. The maximum absolute atomic E-state index is 11.2. The van der Waals surface area contributed by atoms with Gasteiger partial charge in [0.2, 0.25) is 5.54 Å². The topological polar surface area (TPSA) is 62.2 Å². The maximum Gasteiger partial charge on any atom is 0.220 e. The molecule has 0 radical (unpaired) electrons. The molecule has 0 bridgehead atoms. The summed E-state index contributed by atoms with van der Waals surface area (Å²) in [6.07, 6.45) is 1.30. The van der Waals surface area contributed by atoms with Gasteiger partial charge in [-0.2, -0.15) is 0 Å². The summed E-state index contributed by atoms with van der Waals surface area (Å²) in [6, 6.07) is 8.03. The Balaban J connectivity index is 0.00000242. The number of aromatic nitrogens is 1. The van der Waals surface area contributed by atoms with E-state index < -0.39 is 5.54 Å². The second kappa shape index (κ2) is 7.11. The number of H-pyrrole nitrogens is 1. The zero-order valence-electron chi connectivity index (χ0n) is 13.5. The quantitative estimate of drug-likeness (QED) is 0.654. The molecule has 0 aliphatic heterocycles. The van der Waals surface area contributed by atoms with E-state index in [0.717, 1.165) is 35.1 Å². The van der Waals surface area contributed by atoms with Gasteiger partial charge in [-0.3, -0.25) is 10.1 Å². The molecule has 1 aromatic carbocycles. The van der Waals surface area contributed by atoms with Crippen LogP contribution in [-0.4, -0.2) is 41.0 Å². The number of aromatic amines is 1. The van der Waals surface area contributed by atoms with Crippen LogP contribution in [0, 0.1) is 10.1 Å². The van der Waals surface area contributed by atoms with Crippen molar-refractivity contribution in [3.63, 3.8) is 0 Å². The van der Waals surface area contributed by atoms with E-state index in [1.165, 1.54) is 0 Å². The largest absolute Gasteiger partial charge is 0.358 e. The molecule has 0 unspecified atom stereocenters. The molecular weight excluding hydrogens is 302 g/mol. The van der Waals surface area contributed by atoms with Crippen LogP contribution in [0.3, 0.4) is 0 Å². The monoisotopic (exact) mass is 325 g/mol. The Morgan fingerprint density at radius 2 is 1.91 bits per heavy atom. The van der Waals surface area contributed by atoms with Crippen LogP contribution in [0.25, 0.3) is 10.9 Å². The van der Waals surface area contributed by atoms with Crippen molar-refractivity contribution in [3.05, 3.63) is 45.6 Å². The van der Waals surface area contributed by atoms with Gasteiger partial charge < -0.3 is 9.88 Å². The van der Waals surface area contributed by atoms with Gasteiger partial charge in [-0.15, -0.1) is 12.4 Å². The molecule has 2 aromatic rings. The van der Waals surface area contributed by atoms with Crippen LogP contribution in [-0.2, 0) is 12.8 Å². The van der Waals surface area contributed by atoms with Crippen molar-refractivity contribution in [2.45, 2.75) is 32.2 Å². The van der Waals surface area contributed by atoms with Crippen molar-refractivity contribution in [2.75, 3.05) is 20.6 Å². The molecule has 5 nitrogen and oxygen atoms in total. The molecule has 0 saturated heterocycles. The molecule has 0 aliphatic rings. The van der Waals surface area contributed by atoms with E-state index in [2.05, 4.69) is 9.88 Å². The van der Waals surface area contributed by atoms with Crippen molar-refractivity contribution in [1.82, 2.24) is 9.88 Å². The number of benzene rings is 1. The van der Waals surface area contributed by atoms with Gasteiger partial charge in [0.05, 0.1) is 0 Å². The van der Waals surface area contributed by atoms with Crippen molar-refractivity contribution >= 4 is 23.3 Å². The molecule has 0 amide bonds. The lowest BCUT2D eigenvalue weighted by molar-refractivity contribution is -0.560. The Hall–Kier alpha value is -1.59. The average molecular weight is 326 g/mol. The van der Waals surface area contributed by atoms with Crippen LogP contribution in [0.1, 0.15) is 25.1 Å². The number of likely N-dealkylation sites (N-methyl/N-ethyl adjacent to an activating group) is 1. The highest BCUT2D eigenvalue weighted by atomic mass is 35.5. The summed E-state index contributed by atoms with van der Waals surface area (Å²) in [4.78, 5) is 16.6. The number of hydrogen-bond acceptors (Lipinski definition) is 3. The van der Waals surface area contributed by atoms with Crippen LogP contribution < -0.4 is 0 Å². The van der Waals surface area contributed by atoms with Gasteiger partial charge in [0.1, 0.15) is 0 Å². The maximum atomic E-state index is 11.2. The van der Waals surface area contributed by atoms with Gasteiger partial charge in [0, 0.05) is 54.8 Å². The third-order valence-electron chi connectivity index (χ3n) is 3.81. The summed E-state index contributed by atoms with van der Waals surface area (Å²) < 4.78 is 0. The lowest BCUT2D eigenvalue weighted by Crippen LogP contribution is -2.33. The molecular formula is C16H24ClN3O2. The van der Waals surface area contributed by atoms with E-state index in [-0.39, 0.29) is 17.3 Å². The Bertz CT molecular complexity index is 650. The number of para-hydroxylation sites is 1. The Labute approximate surface area is 137 Å². The van der Waals surface area contributed by atoms with Gasteiger partial charge in [-0.25, -0.2) is 0 Å². The minimum absolute atomic E-state index is 0. The van der Waals surface area contributed by atoms with Gasteiger partial charge >= 0.3 is 0 Å². The third-order valence-corrected chi connectivity index (χ3v) is 3.81. The van der Waals surface area contributed by atoms with Crippen LogP contribution in [0.15, 0.2) is 24.3 Å². The Kier molecular flexibility index (Phi) is 5.97. The van der Waals surface area contributed by atoms with E-state index in [1.54, 1.807) is 13.8 Å². The third kappa shape index (κ3) is 3.99. The van der Waals surface area contributed by atoms with Crippen molar-refractivity contribution < 1.29 is 4.92 Å². The molecule has 1 aromatic heterocycles. The molecule has 1 N–H and O–H groups in total. The number of nitrogens with zero attached hydrogens (tertiary/aromatic N) is 2. The molecule has 0 spiro atoms. The molecule has 0 atom stereocenters. The minimum Gasteiger partial charge on any atom is -0.358 e. The number of hydrogen-bond donors (Lipinski definition) is 1. The highest BCUT2D eigenvalue weighted by Crippen LogP contribution is 2.27. The van der Waals surface area contributed by atoms with Gasteiger partial charge in [-0.1, -0.05) is 18.2 Å². The molecule has 122 valence electrons. The van der Waals surface area contributed by atoms with E-state index >= 15 is 0 Å². The fraction of sp³-hybridized carbons (Fsp3) is 0.500. The van der Waals surface area contributed by atoms with Crippen LogP contribution in [0.5, 0.6) is 0 Å². The van der Waals surface area contributed by atoms with Gasteiger partial charge in [0.25, 0.3) is 0 Å². The standard InChI is InChI=1S/C16H23N3O2.ClH/c1-16(2,19(20)21)11-13-12-7-5-6-8-14(12)17-15(13)9-10-18(3)4;/h5-8,17H,9-11H2,1-4H3;1H. The summed E-state index contributed by atoms with van der Waals surface area (Å²) in [5, 5.41) is 12.3. The van der Waals surface area contributed by atoms with Crippen molar-refractivity contribution in [1.29, 1.82) is 0 Å². The predicted molar refractivity (Wildman–Crippen MR) is 92.6 cm³/mol. The molecule has 0 saturated carbocycles. The normalized spacial score (nSPS) is 11.7. The Morgan fingerprint density at radius 3 is 2.50 bits per heavy atom. The fourth-order valence-electron chi connectivity index (χ4n) is 2.50. The van der Waals surface area contributed by atoms with Crippen molar-refractivity contribution in [3.8, 4) is 0 Å². The van der Waals surface area contributed by atoms with E-state index in [1.807, 2.05) is 38.4 Å². The second-order valence-electron chi connectivity index (χ2n) is 6.43. The molecule has 2 rings (SSSR count). The molecule has 0 fully saturated rings. The SMILES string of the molecule is CN(C)CCc1[nH]c2ccccc2c1CC(C)(C)[N+](=O)[O-].Cl. The first-order valence-corrected chi connectivity index (χ1v) is 7.19. The Morgan fingerprint density at radius 1 is 1.27 bits per heavy atom. The van der Waals surface area contributed by atoms with Gasteiger partial charge in [-0.05, 0) is 25.7 Å². The zero-order valence-corrected chi connectivity index (χ0v) is 14.4. The van der Waals surface area contributed by atoms with Crippen LogP contribution in [0.4, 0.5) is 0 Å². The number of fused-ring (bicyclic) bond motifs is 1. The molecule has 1 heterocycles. The van der Waals surface area contributed by atoms with Crippen LogP contribution in [0.2, 0.25) is 0 Å². The number of nitrogens with one attached hydrogen (secondary N) is 1. The zero-order chi connectivity index (χ0) is 15.6. The van der Waals surface area contributed by atoms with E-state index in [4.69, 9.17) is 0 Å². The van der Waals surface area contributed by atoms with Crippen LogP contribution >= 0.6 is 12.4 Å².